The highest BCUT2D eigenvalue weighted by atomic mass is 79.9. The molecule has 0 aliphatic heterocycles. The van der Waals surface area contributed by atoms with Crippen LogP contribution in [0.5, 0.6) is 0 Å². The third kappa shape index (κ3) is 2.19. The molecule has 94 valence electrons. The maximum absolute atomic E-state index is 10.7. The highest BCUT2D eigenvalue weighted by Gasteiger charge is 2.10. The molecule has 7 heteroatoms. The summed E-state index contributed by atoms with van der Waals surface area (Å²) >= 11 is 3.38. The topological polar surface area (TPSA) is 73.3 Å². The monoisotopic (exact) mass is 318 g/mol. The molecule has 0 bridgehead atoms. The van der Waals surface area contributed by atoms with Crippen LogP contribution < -0.4 is 0 Å². The van der Waals surface area contributed by atoms with Crippen molar-refractivity contribution in [2.45, 2.75) is 0 Å². The Balaban J connectivity index is 2.14. The summed E-state index contributed by atoms with van der Waals surface area (Å²) in [5.41, 5.74) is 1.40. The molecule has 2 aromatic heterocycles. The van der Waals surface area contributed by atoms with Gasteiger partial charge in [0.05, 0.1) is 4.92 Å². The van der Waals surface area contributed by atoms with E-state index >= 15 is 0 Å². The van der Waals surface area contributed by atoms with Gasteiger partial charge in [0, 0.05) is 16.1 Å². The molecule has 2 heterocycles. The lowest BCUT2D eigenvalue weighted by atomic mass is 10.2. The minimum Gasteiger partial charge on any atom is -0.258 e. The molecule has 0 aliphatic carbocycles. The van der Waals surface area contributed by atoms with Gasteiger partial charge in [0.15, 0.2) is 11.5 Å². The first-order valence-electron chi connectivity index (χ1n) is 5.40. The molecule has 0 unspecified atom stereocenters. The molecule has 0 radical (unpaired) electrons. The molecule has 0 saturated heterocycles. The fourth-order valence-electron chi connectivity index (χ4n) is 1.73. The number of benzene rings is 1. The molecule has 0 amide bonds. The normalized spacial score (nSPS) is 10.8. The Kier molecular flexibility index (Phi) is 2.75. The van der Waals surface area contributed by atoms with Crippen LogP contribution >= 0.6 is 15.9 Å². The van der Waals surface area contributed by atoms with Crippen molar-refractivity contribution in [3.8, 4) is 11.4 Å². The molecule has 0 N–H and O–H groups in total. The maximum Gasteiger partial charge on any atom is 0.287 e. The van der Waals surface area contributed by atoms with Crippen LogP contribution in [-0.4, -0.2) is 19.5 Å². The minimum atomic E-state index is -0.458. The third-order valence-electron chi connectivity index (χ3n) is 2.61. The van der Waals surface area contributed by atoms with Gasteiger partial charge in [-0.25, -0.2) is 9.50 Å². The van der Waals surface area contributed by atoms with Crippen LogP contribution in [0.15, 0.2) is 47.1 Å². The Hall–Kier alpha value is -2.28. The highest BCUT2D eigenvalue weighted by Crippen LogP contribution is 2.21. The Morgan fingerprint density at radius 3 is 2.84 bits per heavy atom. The van der Waals surface area contributed by atoms with Crippen molar-refractivity contribution in [3.05, 3.63) is 57.2 Å². The van der Waals surface area contributed by atoms with E-state index in [9.17, 15) is 10.1 Å². The second-order valence-electron chi connectivity index (χ2n) is 3.89. The number of nitrogens with zero attached hydrogens (tertiary/aromatic N) is 4. The quantitative estimate of drug-likeness (QED) is 0.537. The van der Waals surface area contributed by atoms with Crippen molar-refractivity contribution in [1.29, 1.82) is 0 Å². The number of aromatic nitrogens is 3. The zero-order chi connectivity index (χ0) is 13.4. The summed E-state index contributed by atoms with van der Waals surface area (Å²) < 4.78 is 2.34. The fourth-order valence-corrected chi connectivity index (χ4v) is 2.13. The van der Waals surface area contributed by atoms with Crippen LogP contribution in [0.1, 0.15) is 0 Å². The summed E-state index contributed by atoms with van der Waals surface area (Å²) in [5.74, 6) is 0.529. The average Bonchev–Trinajstić information content (AvgIpc) is 2.81. The van der Waals surface area contributed by atoms with Crippen molar-refractivity contribution < 1.29 is 4.92 Å². The second-order valence-corrected chi connectivity index (χ2v) is 4.81. The van der Waals surface area contributed by atoms with Crippen LogP contribution in [0.2, 0.25) is 0 Å². The lowest BCUT2D eigenvalue weighted by Crippen LogP contribution is -1.92. The molecule has 0 saturated carbocycles. The van der Waals surface area contributed by atoms with Gasteiger partial charge in [-0.1, -0.05) is 28.1 Å². The predicted molar refractivity (Wildman–Crippen MR) is 72.8 cm³/mol. The van der Waals surface area contributed by atoms with Gasteiger partial charge in [0.2, 0.25) is 0 Å². The lowest BCUT2D eigenvalue weighted by Gasteiger charge is -1.94. The van der Waals surface area contributed by atoms with Gasteiger partial charge in [0.25, 0.3) is 5.69 Å². The zero-order valence-electron chi connectivity index (χ0n) is 9.52. The lowest BCUT2D eigenvalue weighted by molar-refractivity contribution is -0.385. The second kappa shape index (κ2) is 4.43. The van der Waals surface area contributed by atoms with Crippen molar-refractivity contribution in [1.82, 2.24) is 14.6 Å². The number of pyridine rings is 1. The molecule has 19 heavy (non-hydrogen) atoms. The molecule has 3 rings (SSSR count). The summed E-state index contributed by atoms with van der Waals surface area (Å²) in [6, 6.07) is 10.6. The van der Waals surface area contributed by atoms with E-state index in [2.05, 4.69) is 26.0 Å². The number of nitro groups is 1. The van der Waals surface area contributed by atoms with Gasteiger partial charge >= 0.3 is 0 Å². The first kappa shape index (κ1) is 11.8. The standard InChI is InChI=1S/C12H7BrN4O2/c13-9-3-1-2-8(6-9)12-14-11-5-4-10(17(18)19)7-16(11)15-12/h1-7H. The highest BCUT2D eigenvalue weighted by molar-refractivity contribution is 9.10. The van der Waals surface area contributed by atoms with Gasteiger partial charge in [-0.15, -0.1) is 5.10 Å². The van der Waals surface area contributed by atoms with E-state index in [-0.39, 0.29) is 5.69 Å². The van der Waals surface area contributed by atoms with E-state index in [1.165, 1.54) is 16.8 Å². The van der Waals surface area contributed by atoms with E-state index in [1.807, 2.05) is 24.3 Å². The zero-order valence-corrected chi connectivity index (χ0v) is 11.1. The molecule has 3 aromatic rings. The Morgan fingerprint density at radius 2 is 2.11 bits per heavy atom. The van der Waals surface area contributed by atoms with Gasteiger partial charge in [-0.3, -0.25) is 10.1 Å². The fraction of sp³-hybridized carbons (Fsp3) is 0. The van der Waals surface area contributed by atoms with E-state index in [0.29, 0.717) is 11.5 Å². The minimum absolute atomic E-state index is 0.0156. The first-order chi connectivity index (χ1) is 9.13. The first-order valence-corrected chi connectivity index (χ1v) is 6.19. The molecule has 6 nitrogen and oxygen atoms in total. The van der Waals surface area contributed by atoms with Gasteiger partial charge in [0.1, 0.15) is 6.20 Å². The molecule has 0 aliphatic rings. The van der Waals surface area contributed by atoms with Gasteiger partial charge < -0.3 is 0 Å². The van der Waals surface area contributed by atoms with Crippen LogP contribution in [0.4, 0.5) is 5.69 Å². The summed E-state index contributed by atoms with van der Waals surface area (Å²) in [6.07, 6.45) is 1.35. The van der Waals surface area contributed by atoms with Crippen LogP contribution in [0, 0.1) is 10.1 Å². The smallest absolute Gasteiger partial charge is 0.258 e. The number of halogens is 1. The van der Waals surface area contributed by atoms with Crippen molar-refractivity contribution in [2.75, 3.05) is 0 Å². The number of hydrogen-bond acceptors (Lipinski definition) is 4. The van der Waals surface area contributed by atoms with E-state index in [0.717, 1.165) is 10.0 Å². The summed E-state index contributed by atoms with van der Waals surface area (Å²) in [4.78, 5) is 14.6. The Labute approximate surface area is 116 Å². The van der Waals surface area contributed by atoms with Crippen molar-refractivity contribution in [3.63, 3.8) is 0 Å². The van der Waals surface area contributed by atoms with E-state index in [4.69, 9.17) is 0 Å². The van der Waals surface area contributed by atoms with E-state index < -0.39 is 4.92 Å². The molecule has 0 atom stereocenters. The van der Waals surface area contributed by atoms with Crippen molar-refractivity contribution in [2.24, 2.45) is 0 Å². The van der Waals surface area contributed by atoms with Crippen LogP contribution in [-0.2, 0) is 0 Å². The Morgan fingerprint density at radius 1 is 1.26 bits per heavy atom. The van der Waals surface area contributed by atoms with Crippen LogP contribution in [0.3, 0.4) is 0 Å². The maximum atomic E-state index is 10.7. The van der Waals surface area contributed by atoms with Gasteiger partial charge in [-0.05, 0) is 18.2 Å². The summed E-state index contributed by atoms with van der Waals surface area (Å²) in [5, 5.41) is 15.0. The summed E-state index contributed by atoms with van der Waals surface area (Å²) in [6.45, 7) is 0. The van der Waals surface area contributed by atoms with Gasteiger partial charge in [-0.2, -0.15) is 0 Å². The van der Waals surface area contributed by atoms with E-state index in [1.54, 1.807) is 6.07 Å². The third-order valence-corrected chi connectivity index (χ3v) is 3.10. The van der Waals surface area contributed by atoms with Crippen LogP contribution in [0.25, 0.3) is 17.0 Å². The largest absolute Gasteiger partial charge is 0.287 e. The number of fused-ring (bicyclic) bond motifs is 1. The molecule has 0 spiro atoms. The predicted octanol–water partition coefficient (Wildman–Crippen LogP) is 3.07. The summed E-state index contributed by atoms with van der Waals surface area (Å²) in [7, 11) is 0. The molecule has 0 fully saturated rings. The number of rotatable bonds is 2. The average molecular weight is 319 g/mol. The van der Waals surface area contributed by atoms with Crippen molar-refractivity contribution >= 4 is 27.3 Å². The molecular formula is C12H7BrN4O2. The molecule has 1 aromatic carbocycles. The molecular weight excluding hydrogens is 312 g/mol. The number of hydrogen-bond donors (Lipinski definition) is 0. The Bertz CT molecular complexity index is 784. The SMILES string of the molecule is O=[N+]([O-])c1ccc2nc(-c3cccc(Br)c3)nn2c1.